The Morgan fingerprint density at radius 1 is 1.35 bits per heavy atom. The van der Waals surface area contributed by atoms with Gasteiger partial charge >= 0.3 is 0 Å². The zero-order chi connectivity index (χ0) is 18.7. The molecule has 1 aromatic heterocycles. The molecule has 8 heteroatoms. The fraction of sp³-hybridized carbons (Fsp3) is 0.333. The highest BCUT2D eigenvalue weighted by atomic mass is 35.5. The van der Waals surface area contributed by atoms with E-state index in [4.69, 9.17) is 11.6 Å². The Hall–Kier alpha value is -2.25. The van der Waals surface area contributed by atoms with E-state index < -0.39 is 17.5 Å². The molecular formula is C18H19ClF2N4O. The van der Waals surface area contributed by atoms with Crippen LogP contribution < -0.4 is 16.0 Å². The SMILES string of the molecule is Cc1c(C(=O)NCCc2cccc(Cl)c2F)cnc(NC2CNC2)c1F. The number of amides is 1. The summed E-state index contributed by atoms with van der Waals surface area (Å²) >= 11 is 5.73. The van der Waals surface area contributed by atoms with E-state index >= 15 is 0 Å². The summed E-state index contributed by atoms with van der Waals surface area (Å²) in [5.41, 5.74) is 0.792. The Bertz CT molecular complexity index is 827. The molecule has 138 valence electrons. The molecule has 0 bridgehead atoms. The molecule has 1 saturated heterocycles. The van der Waals surface area contributed by atoms with Crippen LogP contribution in [0.25, 0.3) is 0 Å². The van der Waals surface area contributed by atoms with Crippen LogP contribution >= 0.6 is 11.6 Å². The monoisotopic (exact) mass is 380 g/mol. The average Bonchev–Trinajstić information content (AvgIpc) is 2.58. The first-order chi connectivity index (χ1) is 12.5. The van der Waals surface area contributed by atoms with E-state index in [1.807, 2.05) is 0 Å². The van der Waals surface area contributed by atoms with Crippen molar-refractivity contribution in [3.8, 4) is 0 Å². The molecule has 3 N–H and O–H groups in total. The highest BCUT2D eigenvalue weighted by Crippen LogP contribution is 2.20. The van der Waals surface area contributed by atoms with Crippen LogP contribution in [0.4, 0.5) is 14.6 Å². The van der Waals surface area contributed by atoms with Crippen molar-refractivity contribution in [2.45, 2.75) is 19.4 Å². The number of hydrogen-bond donors (Lipinski definition) is 3. The quantitative estimate of drug-likeness (QED) is 0.721. The summed E-state index contributed by atoms with van der Waals surface area (Å²) < 4.78 is 28.3. The number of hydrogen-bond acceptors (Lipinski definition) is 4. The maximum atomic E-state index is 14.4. The molecule has 0 saturated carbocycles. The Kier molecular flexibility index (Phi) is 5.68. The van der Waals surface area contributed by atoms with Crippen LogP contribution in [0.3, 0.4) is 0 Å². The number of nitrogens with zero attached hydrogens (tertiary/aromatic N) is 1. The minimum atomic E-state index is -0.537. The van der Waals surface area contributed by atoms with E-state index in [1.54, 1.807) is 12.1 Å². The molecule has 1 amide bonds. The molecule has 3 rings (SSSR count). The summed E-state index contributed by atoms with van der Waals surface area (Å²) in [5, 5.41) is 8.77. The van der Waals surface area contributed by atoms with Gasteiger partial charge in [0.25, 0.3) is 5.91 Å². The van der Waals surface area contributed by atoms with Gasteiger partial charge in [0.15, 0.2) is 11.6 Å². The molecule has 0 spiro atoms. The zero-order valence-corrected chi connectivity index (χ0v) is 15.0. The molecule has 2 aromatic rings. The summed E-state index contributed by atoms with van der Waals surface area (Å²) in [4.78, 5) is 16.3. The average molecular weight is 381 g/mol. The normalized spacial score (nSPS) is 14.0. The van der Waals surface area contributed by atoms with Gasteiger partial charge in [0.2, 0.25) is 0 Å². The van der Waals surface area contributed by atoms with Crippen molar-refractivity contribution in [1.29, 1.82) is 0 Å². The molecule has 1 aromatic carbocycles. The summed E-state index contributed by atoms with van der Waals surface area (Å²) in [6.07, 6.45) is 1.63. The molecule has 0 aliphatic carbocycles. The van der Waals surface area contributed by atoms with Crippen LogP contribution in [-0.4, -0.2) is 36.6 Å². The third-order valence-corrected chi connectivity index (χ3v) is 4.63. The van der Waals surface area contributed by atoms with Gasteiger partial charge in [0.1, 0.15) is 5.82 Å². The van der Waals surface area contributed by atoms with Crippen molar-refractivity contribution in [1.82, 2.24) is 15.6 Å². The van der Waals surface area contributed by atoms with Gasteiger partial charge in [-0.05, 0) is 25.0 Å². The van der Waals surface area contributed by atoms with Gasteiger partial charge in [-0.1, -0.05) is 23.7 Å². The van der Waals surface area contributed by atoms with E-state index in [0.717, 1.165) is 13.1 Å². The lowest BCUT2D eigenvalue weighted by Crippen LogP contribution is -2.51. The maximum Gasteiger partial charge on any atom is 0.253 e. The number of nitrogens with one attached hydrogen (secondary N) is 3. The van der Waals surface area contributed by atoms with E-state index in [-0.39, 0.29) is 41.0 Å². The lowest BCUT2D eigenvalue weighted by molar-refractivity contribution is 0.0952. The van der Waals surface area contributed by atoms with Crippen molar-refractivity contribution in [3.05, 3.63) is 57.7 Å². The number of carbonyl (C=O) groups is 1. The molecular weight excluding hydrogens is 362 g/mol. The van der Waals surface area contributed by atoms with E-state index in [2.05, 4.69) is 20.9 Å². The van der Waals surface area contributed by atoms with Crippen molar-refractivity contribution < 1.29 is 13.6 Å². The Morgan fingerprint density at radius 3 is 2.81 bits per heavy atom. The Morgan fingerprint density at radius 2 is 2.12 bits per heavy atom. The summed E-state index contributed by atoms with van der Waals surface area (Å²) in [5.74, 6) is -1.33. The fourth-order valence-electron chi connectivity index (χ4n) is 2.64. The van der Waals surface area contributed by atoms with Gasteiger partial charge in [-0.2, -0.15) is 0 Å². The van der Waals surface area contributed by atoms with E-state index in [1.165, 1.54) is 19.2 Å². The topological polar surface area (TPSA) is 66.0 Å². The Labute approximate surface area is 155 Å². The van der Waals surface area contributed by atoms with Gasteiger partial charge in [-0.15, -0.1) is 0 Å². The predicted molar refractivity (Wildman–Crippen MR) is 96.7 cm³/mol. The molecule has 5 nitrogen and oxygen atoms in total. The number of pyridine rings is 1. The smallest absolute Gasteiger partial charge is 0.253 e. The number of benzene rings is 1. The molecule has 0 radical (unpaired) electrons. The second kappa shape index (κ2) is 7.97. The molecule has 2 heterocycles. The maximum absolute atomic E-state index is 14.4. The Balaban J connectivity index is 1.62. The molecule has 1 aliphatic heterocycles. The van der Waals surface area contributed by atoms with Gasteiger partial charge in [0.05, 0.1) is 16.6 Å². The summed E-state index contributed by atoms with van der Waals surface area (Å²) in [6, 6.07) is 4.86. The number of anilines is 1. The minimum Gasteiger partial charge on any atom is -0.362 e. The van der Waals surface area contributed by atoms with Crippen LogP contribution in [0.2, 0.25) is 5.02 Å². The molecule has 1 aliphatic rings. The number of halogens is 3. The van der Waals surface area contributed by atoms with Crippen molar-refractivity contribution >= 4 is 23.3 Å². The molecule has 0 atom stereocenters. The lowest BCUT2D eigenvalue weighted by atomic mass is 10.1. The van der Waals surface area contributed by atoms with Crippen LogP contribution in [0, 0.1) is 18.6 Å². The van der Waals surface area contributed by atoms with E-state index in [0.29, 0.717) is 5.56 Å². The first-order valence-electron chi connectivity index (χ1n) is 8.30. The standard InChI is InChI=1S/C18H19ClF2N4O/c1-10-13(9-24-17(15(10)20)25-12-7-22-8-12)18(26)23-6-5-11-3-2-4-14(19)16(11)21/h2-4,9,12,22H,5-8H2,1H3,(H,23,26)(H,24,25). The third-order valence-electron chi connectivity index (χ3n) is 4.34. The van der Waals surface area contributed by atoms with Crippen LogP contribution in [0.1, 0.15) is 21.5 Å². The van der Waals surface area contributed by atoms with Gasteiger partial charge < -0.3 is 16.0 Å². The van der Waals surface area contributed by atoms with Crippen molar-refractivity contribution in [2.75, 3.05) is 25.0 Å². The van der Waals surface area contributed by atoms with Gasteiger partial charge in [-0.25, -0.2) is 13.8 Å². The minimum absolute atomic E-state index is 0.0423. The molecule has 26 heavy (non-hydrogen) atoms. The van der Waals surface area contributed by atoms with Crippen molar-refractivity contribution in [2.24, 2.45) is 0 Å². The zero-order valence-electron chi connectivity index (χ0n) is 14.2. The van der Waals surface area contributed by atoms with Gasteiger partial charge in [0, 0.05) is 31.4 Å². The summed E-state index contributed by atoms with van der Waals surface area (Å²) in [7, 11) is 0. The largest absolute Gasteiger partial charge is 0.362 e. The van der Waals surface area contributed by atoms with Gasteiger partial charge in [-0.3, -0.25) is 4.79 Å². The van der Waals surface area contributed by atoms with Crippen LogP contribution in [0.15, 0.2) is 24.4 Å². The highest BCUT2D eigenvalue weighted by Gasteiger charge is 2.21. The second-order valence-corrected chi connectivity index (χ2v) is 6.59. The lowest BCUT2D eigenvalue weighted by Gasteiger charge is -2.28. The summed E-state index contributed by atoms with van der Waals surface area (Å²) in [6.45, 7) is 3.24. The van der Waals surface area contributed by atoms with Crippen molar-refractivity contribution in [3.63, 3.8) is 0 Å². The first-order valence-corrected chi connectivity index (χ1v) is 8.68. The predicted octanol–water partition coefficient (Wildman–Crippen LogP) is 2.68. The van der Waals surface area contributed by atoms with Crippen LogP contribution in [-0.2, 0) is 6.42 Å². The first kappa shape index (κ1) is 18.5. The number of rotatable bonds is 6. The number of aromatic nitrogens is 1. The van der Waals surface area contributed by atoms with Crippen LogP contribution in [0.5, 0.6) is 0 Å². The molecule has 0 unspecified atom stereocenters. The van der Waals surface area contributed by atoms with E-state index in [9.17, 15) is 13.6 Å². The molecule has 1 fully saturated rings. The third kappa shape index (κ3) is 3.94. The second-order valence-electron chi connectivity index (χ2n) is 6.18. The highest BCUT2D eigenvalue weighted by molar-refractivity contribution is 6.30. The number of carbonyl (C=O) groups excluding carboxylic acids is 1. The fourth-order valence-corrected chi connectivity index (χ4v) is 2.83.